The summed E-state index contributed by atoms with van der Waals surface area (Å²) in [5, 5.41) is 13.2. The van der Waals surface area contributed by atoms with Crippen LogP contribution in [-0.4, -0.2) is 71.7 Å². The van der Waals surface area contributed by atoms with Gasteiger partial charge in [-0.05, 0) is 6.92 Å². The van der Waals surface area contributed by atoms with Crippen LogP contribution >= 0.6 is 0 Å². The van der Waals surface area contributed by atoms with Crippen LogP contribution in [0.2, 0.25) is 0 Å². The van der Waals surface area contributed by atoms with Gasteiger partial charge in [0.15, 0.2) is 5.69 Å². The number of amides is 3. The van der Waals surface area contributed by atoms with Gasteiger partial charge in [-0.2, -0.15) is 0 Å². The molecule has 3 amide bonds. The molecule has 0 bridgehead atoms. The number of hydrogen-bond acceptors (Lipinski definition) is 5. The first kappa shape index (κ1) is 15.2. The topological polar surface area (TPSA) is 101 Å². The van der Waals surface area contributed by atoms with E-state index in [4.69, 9.17) is 4.74 Å². The van der Waals surface area contributed by atoms with Gasteiger partial charge >= 0.3 is 6.03 Å². The van der Waals surface area contributed by atoms with Crippen molar-refractivity contribution in [2.45, 2.75) is 13.0 Å². The molecule has 9 nitrogen and oxygen atoms in total. The zero-order valence-electron chi connectivity index (χ0n) is 12.2. The van der Waals surface area contributed by atoms with Crippen LogP contribution in [0, 0.1) is 0 Å². The standard InChI is InChI=1S/C12H20N6O3/c1-3-13-12(20)17-6-9(7-17)18-8-10(15-16-18)11(19)14-4-5-21-2/h8-9H,3-7H2,1-2H3,(H,13,20)(H,14,19). The molecule has 21 heavy (non-hydrogen) atoms. The Kier molecular flexibility index (Phi) is 5.09. The monoisotopic (exact) mass is 296 g/mol. The Morgan fingerprint density at radius 1 is 1.43 bits per heavy atom. The fraction of sp³-hybridized carbons (Fsp3) is 0.667. The summed E-state index contributed by atoms with van der Waals surface area (Å²) < 4.78 is 6.48. The normalized spacial score (nSPS) is 14.7. The third kappa shape index (κ3) is 3.69. The molecule has 0 aliphatic carbocycles. The maximum Gasteiger partial charge on any atom is 0.317 e. The lowest BCUT2D eigenvalue weighted by atomic mass is 10.1. The van der Waals surface area contributed by atoms with Crippen molar-refractivity contribution in [2.75, 3.05) is 39.9 Å². The summed E-state index contributed by atoms with van der Waals surface area (Å²) in [4.78, 5) is 25.0. The molecule has 1 aliphatic rings. The highest BCUT2D eigenvalue weighted by atomic mass is 16.5. The van der Waals surface area contributed by atoms with Gasteiger partial charge in [-0.1, -0.05) is 5.21 Å². The van der Waals surface area contributed by atoms with Crippen LogP contribution in [0.1, 0.15) is 23.5 Å². The highest BCUT2D eigenvalue weighted by Gasteiger charge is 2.32. The molecule has 1 aromatic rings. The Balaban J connectivity index is 1.82. The SMILES string of the molecule is CCNC(=O)N1CC(n2cc(C(=O)NCCOC)nn2)C1. The molecule has 0 radical (unpaired) electrons. The minimum absolute atomic E-state index is 0.0700. The minimum Gasteiger partial charge on any atom is -0.383 e. The van der Waals surface area contributed by atoms with Gasteiger partial charge in [0, 0.05) is 33.3 Å². The molecule has 0 aromatic carbocycles. The lowest BCUT2D eigenvalue weighted by Crippen LogP contribution is -2.54. The molecule has 116 valence electrons. The van der Waals surface area contributed by atoms with Gasteiger partial charge in [-0.25, -0.2) is 9.48 Å². The number of hydrogen-bond donors (Lipinski definition) is 2. The molecule has 1 fully saturated rings. The third-order valence-corrected chi connectivity index (χ3v) is 3.19. The number of rotatable bonds is 6. The van der Waals surface area contributed by atoms with E-state index in [1.807, 2.05) is 6.92 Å². The molecule has 2 heterocycles. The zero-order chi connectivity index (χ0) is 15.2. The molecule has 0 unspecified atom stereocenters. The molecule has 1 saturated heterocycles. The van der Waals surface area contributed by atoms with E-state index in [0.29, 0.717) is 32.8 Å². The molecular weight excluding hydrogens is 276 g/mol. The van der Waals surface area contributed by atoms with Gasteiger partial charge in [-0.15, -0.1) is 5.10 Å². The highest BCUT2D eigenvalue weighted by molar-refractivity contribution is 5.91. The predicted molar refractivity (Wildman–Crippen MR) is 73.9 cm³/mol. The van der Waals surface area contributed by atoms with Crippen molar-refractivity contribution in [3.05, 3.63) is 11.9 Å². The number of carbonyl (C=O) groups excluding carboxylic acids is 2. The first-order chi connectivity index (χ1) is 10.2. The Bertz CT molecular complexity index is 497. The minimum atomic E-state index is -0.279. The van der Waals surface area contributed by atoms with Gasteiger partial charge in [-0.3, -0.25) is 4.79 Å². The Morgan fingerprint density at radius 2 is 2.19 bits per heavy atom. The van der Waals surface area contributed by atoms with Crippen molar-refractivity contribution in [1.29, 1.82) is 0 Å². The number of methoxy groups -OCH3 is 1. The van der Waals surface area contributed by atoms with Crippen molar-refractivity contribution in [1.82, 2.24) is 30.5 Å². The van der Waals surface area contributed by atoms with Crippen molar-refractivity contribution in [3.8, 4) is 0 Å². The molecular formula is C12H20N6O3. The lowest BCUT2D eigenvalue weighted by molar-refractivity contribution is 0.0931. The summed E-state index contributed by atoms with van der Waals surface area (Å²) in [5.41, 5.74) is 0.266. The van der Waals surface area contributed by atoms with Crippen LogP contribution in [-0.2, 0) is 4.74 Å². The Morgan fingerprint density at radius 3 is 2.86 bits per heavy atom. The third-order valence-electron chi connectivity index (χ3n) is 3.19. The summed E-state index contributed by atoms with van der Waals surface area (Å²) in [6.45, 7) is 4.50. The maximum atomic E-state index is 11.8. The first-order valence-corrected chi connectivity index (χ1v) is 6.87. The van der Waals surface area contributed by atoms with Gasteiger partial charge in [0.1, 0.15) is 0 Å². The van der Waals surface area contributed by atoms with Gasteiger partial charge < -0.3 is 20.3 Å². The first-order valence-electron chi connectivity index (χ1n) is 6.87. The van der Waals surface area contributed by atoms with E-state index in [-0.39, 0.29) is 23.7 Å². The number of nitrogens with zero attached hydrogens (tertiary/aromatic N) is 4. The summed E-state index contributed by atoms with van der Waals surface area (Å²) >= 11 is 0. The van der Waals surface area contributed by atoms with E-state index in [2.05, 4.69) is 20.9 Å². The molecule has 0 atom stereocenters. The van der Waals surface area contributed by atoms with Crippen LogP contribution in [0.4, 0.5) is 4.79 Å². The second-order valence-corrected chi connectivity index (χ2v) is 4.73. The van der Waals surface area contributed by atoms with Crippen LogP contribution in [0.15, 0.2) is 6.20 Å². The molecule has 0 spiro atoms. The van der Waals surface area contributed by atoms with Crippen LogP contribution in [0.25, 0.3) is 0 Å². The number of ether oxygens (including phenoxy) is 1. The fourth-order valence-electron chi connectivity index (χ4n) is 1.97. The van der Waals surface area contributed by atoms with Crippen LogP contribution in [0.5, 0.6) is 0 Å². The van der Waals surface area contributed by atoms with Crippen LogP contribution in [0.3, 0.4) is 0 Å². The summed E-state index contributed by atoms with van der Waals surface area (Å²) in [5.74, 6) is -0.279. The van der Waals surface area contributed by atoms with Gasteiger partial charge in [0.2, 0.25) is 0 Å². The number of aromatic nitrogens is 3. The van der Waals surface area contributed by atoms with Crippen molar-refractivity contribution < 1.29 is 14.3 Å². The van der Waals surface area contributed by atoms with Crippen molar-refractivity contribution in [2.24, 2.45) is 0 Å². The summed E-state index contributed by atoms with van der Waals surface area (Å²) in [6, 6.07) is -0.00738. The largest absolute Gasteiger partial charge is 0.383 e. The second-order valence-electron chi connectivity index (χ2n) is 4.73. The molecule has 2 N–H and O–H groups in total. The molecule has 0 saturated carbocycles. The Hall–Kier alpha value is -2.16. The number of likely N-dealkylation sites (tertiary alicyclic amines) is 1. The van der Waals surface area contributed by atoms with E-state index in [1.165, 1.54) is 0 Å². The smallest absolute Gasteiger partial charge is 0.317 e. The lowest BCUT2D eigenvalue weighted by Gasteiger charge is -2.38. The quantitative estimate of drug-likeness (QED) is 0.672. The Labute approximate surface area is 122 Å². The van der Waals surface area contributed by atoms with Gasteiger partial charge in [0.25, 0.3) is 5.91 Å². The molecule has 9 heteroatoms. The second kappa shape index (κ2) is 7.02. The van der Waals surface area contributed by atoms with Gasteiger partial charge in [0.05, 0.1) is 18.8 Å². The number of urea groups is 1. The summed E-state index contributed by atoms with van der Waals surface area (Å²) in [7, 11) is 1.57. The maximum absolute atomic E-state index is 11.8. The van der Waals surface area contributed by atoms with Crippen LogP contribution < -0.4 is 10.6 Å². The molecule has 1 aromatic heterocycles. The average molecular weight is 296 g/mol. The van der Waals surface area contributed by atoms with E-state index in [1.54, 1.807) is 22.9 Å². The van der Waals surface area contributed by atoms with Crippen molar-refractivity contribution in [3.63, 3.8) is 0 Å². The predicted octanol–water partition coefficient (Wildman–Crippen LogP) is -0.759. The van der Waals surface area contributed by atoms with E-state index in [9.17, 15) is 9.59 Å². The number of nitrogens with one attached hydrogen (secondary N) is 2. The molecule has 2 rings (SSSR count). The molecule has 1 aliphatic heterocycles. The number of carbonyl (C=O) groups is 2. The summed E-state index contributed by atoms with van der Waals surface area (Å²) in [6.07, 6.45) is 1.60. The van der Waals surface area contributed by atoms with E-state index >= 15 is 0 Å². The highest BCUT2D eigenvalue weighted by Crippen LogP contribution is 2.20. The van der Waals surface area contributed by atoms with Crippen molar-refractivity contribution >= 4 is 11.9 Å². The van der Waals surface area contributed by atoms with E-state index in [0.717, 1.165) is 0 Å². The fourth-order valence-corrected chi connectivity index (χ4v) is 1.97. The van der Waals surface area contributed by atoms with E-state index < -0.39 is 0 Å². The average Bonchev–Trinajstić information content (AvgIpc) is 2.87. The zero-order valence-corrected chi connectivity index (χ0v) is 12.2.